The molecular formula is C20H25NO6. The maximum atomic E-state index is 10.7. The van der Waals surface area contributed by atoms with Gasteiger partial charge in [0.05, 0.1) is 17.9 Å². The van der Waals surface area contributed by atoms with E-state index < -0.39 is 24.8 Å². The van der Waals surface area contributed by atoms with E-state index >= 15 is 0 Å². The Morgan fingerprint density at radius 2 is 2.15 bits per heavy atom. The lowest BCUT2D eigenvalue weighted by Gasteiger charge is -2.49. The van der Waals surface area contributed by atoms with Crippen molar-refractivity contribution in [3.8, 4) is 5.75 Å². The monoisotopic (exact) mass is 375 g/mol. The van der Waals surface area contributed by atoms with Crippen LogP contribution in [0.2, 0.25) is 0 Å². The van der Waals surface area contributed by atoms with Crippen LogP contribution in [-0.2, 0) is 9.63 Å². The summed E-state index contributed by atoms with van der Waals surface area (Å²) in [6.07, 6.45) is 1.40. The molecule has 0 aromatic heterocycles. The van der Waals surface area contributed by atoms with Crippen molar-refractivity contribution in [2.45, 2.75) is 50.7 Å². The van der Waals surface area contributed by atoms with Crippen molar-refractivity contribution < 1.29 is 30.1 Å². The highest BCUT2D eigenvalue weighted by molar-refractivity contribution is 6.03. The highest BCUT2D eigenvalue weighted by atomic mass is 16.6. The van der Waals surface area contributed by atoms with Crippen LogP contribution in [0.3, 0.4) is 0 Å². The Labute approximate surface area is 157 Å². The minimum Gasteiger partial charge on any atom is -0.508 e. The van der Waals surface area contributed by atoms with Gasteiger partial charge in [-0.2, -0.15) is 0 Å². The normalized spacial score (nSPS) is 38.8. The molecule has 3 aliphatic carbocycles. The van der Waals surface area contributed by atoms with Crippen LogP contribution >= 0.6 is 0 Å². The fourth-order valence-electron chi connectivity index (χ4n) is 5.65. The lowest BCUT2D eigenvalue weighted by atomic mass is 9.55. The number of oxime groups is 1. The quantitative estimate of drug-likeness (QED) is 0.599. The minimum atomic E-state index is -1.10. The fourth-order valence-corrected chi connectivity index (χ4v) is 5.65. The van der Waals surface area contributed by atoms with Gasteiger partial charge in [-0.15, -0.1) is 0 Å². The van der Waals surface area contributed by atoms with Crippen molar-refractivity contribution >= 4 is 11.7 Å². The summed E-state index contributed by atoms with van der Waals surface area (Å²) in [6.45, 7) is 1.53. The smallest absolute Gasteiger partial charge is 0.344 e. The van der Waals surface area contributed by atoms with E-state index in [-0.39, 0.29) is 28.9 Å². The maximum Gasteiger partial charge on any atom is 0.344 e. The molecule has 7 nitrogen and oxygen atoms in total. The van der Waals surface area contributed by atoms with Gasteiger partial charge >= 0.3 is 5.97 Å². The number of aliphatic carboxylic acids is 1. The van der Waals surface area contributed by atoms with Crippen molar-refractivity contribution in [2.75, 3.05) is 6.61 Å². The zero-order valence-electron chi connectivity index (χ0n) is 15.2. The summed E-state index contributed by atoms with van der Waals surface area (Å²) in [5, 5.41) is 43.6. The number of rotatable bonds is 3. The van der Waals surface area contributed by atoms with E-state index in [2.05, 4.69) is 12.1 Å². The Hall–Kier alpha value is -2.12. The van der Waals surface area contributed by atoms with E-state index in [1.165, 1.54) is 0 Å². The van der Waals surface area contributed by atoms with Crippen molar-refractivity contribution in [1.82, 2.24) is 0 Å². The molecule has 0 unspecified atom stereocenters. The highest BCUT2D eigenvalue weighted by Crippen LogP contribution is 2.61. The zero-order chi connectivity index (χ0) is 19.3. The molecule has 0 saturated heterocycles. The fraction of sp³-hybridized carbons (Fsp3) is 0.600. The molecule has 0 aliphatic heterocycles. The number of hydrogen-bond acceptors (Lipinski definition) is 6. The largest absolute Gasteiger partial charge is 0.508 e. The van der Waals surface area contributed by atoms with Crippen LogP contribution in [-0.4, -0.2) is 50.9 Å². The number of aliphatic hydroxyl groups excluding tert-OH is 2. The van der Waals surface area contributed by atoms with E-state index in [0.717, 1.165) is 24.0 Å². The summed E-state index contributed by atoms with van der Waals surface area (Å²) in [4.78, 5) is 15.7. The summed E-state index contributed by atoms with van der Waals surface area (Å²) < 4.78 is 0. The van der Waals surface area contributed by atoms with Gasteiger partial charge in [-0.05, 0) is 66.5 Å². The third-order valence-corrected chi connectivity index (χ3v) is 6.95. The Morgan fingerprint density at radius 3 is 2.89 bits per heavy atom. The molecule has 2 saturated carbocycles. The van der Waals surface area contributed by atoms with Gasteiger partial charge in [0, 0.05) is 5.56 Å². The van der Waals surface area contributed by atoms with E-state index in [0.29, 0.717) is 18.6 Å². The van der Waals surface area contributed by atoms with Crippen molar-refractivity contribution in [3.63, 3.8) is 0 Å². The summed E-state index contributed by atoms with van der Waals surface area (Å²) in [7, 11) is 0. The molecule has 0 bridgehead atoms. The van der Waals surface area contributed by atoms with Gasteiger partial charge in [0.15, 0.2) is 0 Å². The van der Waals surface area contributed by atoms with Crippen molar-refractivity contribution in [1.29, 1.82) is 0 Å². The van der Waals surface area contributed by atoms with Gasteiger partial charge in [-0.3, -0.25) is 0 Å². The molecule has 3 aliphatic rings. The van der Waals surface area contributed by atoms with Crippen LogP contribution in [0.4, 0.5) is 0 Å². The summed E-state index contributed by atoms with van der Waals surface area (Å²) in [6, 6.07) is 5.21. The Morgan fingerprint density at radius 1 is 1.37 bits per heavy atom. The van der Waals surface area contributed by atoms with E-state index in [4.69, 9.17) is 9.94 Å². The van der Waals surface area contributed by atoms with Crippen LogP contribution in [0.5, 0.6) is 5.75 Å². The molecule has 1 aromatic carbocycles. The zero-order valence-corrected chi connectivity index (χ0v) is 15.2. The molecule has 2 fully saturated rings. The molecule has 0 heterocycles. The van der Waals surface area contributed by atoms with Gasteiger partial charge < -0.3 is 25.3 Å². The van der Waals surface area contributed by atoms with Crippen molar-refractivity contribution in [3.05, 3.63) is 29.3 Å². The van der Waals surface area contributed by atoms with E-state index in [1.807, 2.05) is 6.07 Å². The SMILES string of the molecule is C[C@]12CC[C@@H]3c4ccc(O)cc4/C(=N\OCC(=O)O)C[C@H]3[C@H]1C[C@@H](O)[C@@H]2O. The number of nitrogens with zero attached hydrogens (tertiary/aromatic N) is 1. The minimum absolute atomic E-state index is 0.130. The first kappa shape index (κ1) is 18.3. The number of carbonyl (C=O) groups is 1. The molecule has 0 radical (unpaired) electrons. The average molecular weight is 375 g/mol. The summed E-state index contributed by atoms with van der Waals surface area (Å²) in [5.41, 5.74) is 2.15. The number of carboxylic acid groups (broad SMARTS) is 1. The molecule has 27 heavy (non-hydrogen) atoms. The van der Waals surface area contributed by atoms with Crippen LogP contribution in [0, 0.1) is 17.3 Å². The van der Waals surface area contributed by atoms with Crippen LogP contribution in [0.25, 0.3) is 0 Å². The third kappa shape index (κ3) is 2.89. The summed E-state index contributed by atoms with van der Waals surface area (Å²) in [5.74, 6) is -0.385. The van der Waals surface area contributed by atoms with Gasteiger partial charge in [-0.25, -0.2) is 4.79 Å². The molecular weight excluding hydrogens is 350 g/mol. The molecule has 1 aromatic rings. The van der Waals surface area contributed by atoms with Crippen LogP contribution in [0.1, 0.15) is 49.7 Å². The van der Waals surface area contributed by atoms with E-state index in [9.17, 15) is 20.1 Å². The number of hydrogen-bond donors (Lipinski definition) is 4. The first-order valence-corrected chi connectivity index (χ1v) is 9.41. The lowest BCUT2D eigenvalue weighted by Crippen LogP contribution is -2.45. The maximum absolute atomic E-state index is 10.7. The number of phenolic OH excluding ortho intramolecular Hbond substituents is 1. The second kappa shape index (κ2) is 6.49. The number of aromatic hydroxyl groups is 1. The number of fused-ring (bicyclic) bond motifs is 5. The number of carboxylic acids is 1. The van der Waals surface area contributed by atoms with Gasteiger partial charge in [0.2, 0.25) is 6.61 Å². The highest BCUT2D eigenvalue weighted by Gasteiger charge is 2.58. The molecule has 4 rings (SSSR count). The lowest BCUT2D eigenvalue weighted by molar-refractivity contribution is -0.142. The average Bonchev–Trinajstić information content (AvgIpc) is 2.85. The Bertz CT molecular complexity index is 793. The second-order valence-electron chi connectivity index (χ2n) is 8.35. The number of aliphatic hydroxyl groups is 2. The first-order chi connectivity index (χ1) is 12.8. The Kier molecular flexibility index (Phi) is 4.39. The number of phenols is 1. The van der Waals surface area contributed by atoms with E-state index in [1.54, 1.807) is 12.1 Å². The number of benzene rings is 1. The molecule has 146 valence electrons. The molecule has 6 atom stereocenters. The molecule has 4 N–H and O–H groups in total. The van der Waals surface area contributed by atoms with Crippen LogP contribution < -0.4 is 0 Å². The molecule has 7 heteroatoms. The first-order valence-electron chi connectivity index (χ1n) is 9.41. The van der Waals surface area contributed by atoms with Gasteiger partial charge in [0.1, 0.15) is 5.75 Å². The molecule has 0 spiro atoms. The van der Waals surface area contributed by atoms with Gasteiger partial charge in [0.25, 0.3) is 0 Å². The third-order valence-electron chi connectivity index (χ3n) is 6.95. The second-order valence-corrected chi connectivity index (χ2v) is 8.35. The van der Waals surface area contributed by atoms with Crippen molar-refractivity contribution in [2.24, 2.45) is 22.4 Å². The Balaban J connectivity index is 1.73. The topological polar surface area (TPSA) is 120 Å². The predicted molar refractivity (Wildman–Crippen MR) is 96.5 cm³/mol. The van der Waals surface area contributed by atoms with Gasteiger partial charge in [-0.1, -0.05) is 18.1 Å². The predicted octanol–water partition coefficient (Wildman–Crippen LogP) is 1.84. The standard InChI is InChI=1S/C20H25NO6/c1-20-5-4-12-11-3-2-10(22)6-14(11)16(21-27-9-18(24)25)7-13(12)15(20)8-17(23)19(20)26/h2-3,6,12-13,15,17,19,22-23,26H,4-5,7-9H2,1H3,(H,24,25)/b21-16-/t12-,13-,15-,17-,19+,20+/m1/s1. The summed E-state index contributed by atoms with van der Waals surface area (Å²) >= 11 is 0. The molecule has 0 amide bonds. The van der Waals surface area contributed by atoms with Crippen LogP contribution in [0.15, 0.2) is 23.4 Å².